The lowest BCUT2D eigenvalue weighted by atomic mass is 10.1. The van der Waals surface area contributed by atoms with Crippen molar-refractivity contribution in [2.24, 2.45) is 0 Å². The molecule has 0 unspecified atom stereocenters. The summed E-state index contributed by atoms with van der Waals surface area (Å²) in [7, 11) is -7.11. The molecule has 0 saturated heterocycles. The molecule has 1 N–H and O–H groups in total. The van der Waals surface area contributed by atoms with Gasteiger partial charge in [-0.05, 0) is 11.1 Å². The quantitative estimate of drug-likeness (QED) is 0.801. The summed E-state index contributed by atoms with van der Waals surface area (Å²) in [6, 6.07) is 6.51. The van der Waals surface area contributed by atoms with E-state index in [1.807, 2.05) is 12.1 Å². The van der Waals surface area contributed by atoms with Gasteiger partial charge in [-0.25, -0.2) is 13.1 Å². The van der Waals surface area contributed by atoms with Gasteiger partial charge in [-0.1, -0.05) is 24.3 Å². The fourth-order valence-corrected chi connectivity index (χ4v) is 3.61. The topological polar surface area (TPSA) is 89.5 Å². The number of hydrogen-bond donors (Lipinski definition) is 1. The van der Waals surface area contributed by atoms with Gasteiger partial charge in [0.15, 0.2) is 0 Å². The van der Waals surface area contributed by atoms with E-state index in [4.69, 9.17) is 4.18 Å². The lowest BCUT2D eigenvalue weighted by molar-refractivity contribution is 0.187. The van der Waals surface area contributed by atoms with Crippen molar-refractivity contribution in [2.45, 2.75) is 18.6 Å². The summed E-state index contributed by atoms with van der Waals surface area (Å²) in [4.78, 5) is 0. The summed E-state index contributed by atoms with van der Waals surface area (Å²) in [6.07, 6.45) is 1.59. The molecule has 106 valence electrons. The van der Waals surface area contributed by atoms with Gasteiger partial charge >= 0.3 is 0 Å². The van der Waals surface area contributed by atoms with Crippen molar-refractivity contribution < 1.29 is 21.0 Å². The average Bonchev–Trinajstić information content (AvgIpc) is 2.52. The zero-order chi connectivity index (χ0) is 14.3. The average molecular weight is 305 g/mol. The highest BCUT2D eigenvalue weighted by molar-refractivity contribution is 7.88. The Bertz CT molecular complexity index is 681. The van der Waals surface area contributed by atoms with Gasteiger partial charge in [0, 0.05) is 6.42 Å². The third-order valence-corrected chi connectivity index (χ3v) is 4.10. The van der Waals surface area contributed by atoms with Crippen LogP contribution in [0, 0.1) is 0 Å². The molecule has 2 rings (SSSR count). The van der Waals surface area contributed by atoms with Crippen molar-refractivity contribution in [1.82, 2.24) is 4.72 Å². The molecule has 2 atom stereocenters. The number of benzene rings is 1. The van der Waals surface area contributed by atoms with Crippen LogP contribution in [-0.4, -0.2) is 35.5 Å². The highest BCUT2D eigenvalue weighted by Gasteiger charge is 2.36. The first-order valence-corrected chi connectivity index (χ1v) is 9.30. The highest BCUT2D eigenvalue weighted by Crippen LogP contribution is 2.34. The van der Waals surface area contributed by atoms with E-state index in [0.717, 1.165) is 23.6 Å². The summed E-state index contributed by atoms with van der Waals surface area (Å²) in [5.74, 6) is 0. The Kier molecular flexibility index (Phi) is 3.69. The van der Waals surface area contributed by atoms with Gasteiger partial charge in [0.2, 0.25) is 10.0 Å². The third kappa shape index (κ3) is 3.75. The van der Waals surface area contributed by atoms with Crippen molar-refractivity contribution >= 4 is 20.1 Å². The molecule has 1 aliphatic carbocycles. The molecule has 1 aromatic rings. The monoisotopic (exact) mass is 305 g/mol. The molecule has 0 spiro atoms. The number of sulfonamides is 1. The molecule has 1 aliphatic rings. The second kappa shape index (κ2) is 4.86. The third-order valence-electron chi connectivity index (χ3n) is 2.82. The maximum atomic E-state index is 11.4. The van der Waals surface area contributed by atoms with Crippen LogP contribution in [0.2, 0.25) is 0 Å². The Labute approximate surface area is 113 Å². The van der Waals surface area contributed by atoms with Gasteiger partial charge in [-0.2, -0.15) is 8.42 Å². The van der Waals surface area contributed by atoms with Crippen LogP contribution in [0.5, 0.6) is 0 Å². The van der Waals surface area contributed by atoms with E-state index >= 15 is 0 Å². The minimum Gasteiger partial charge on any atom is -0.265 e. The molecule has 0 fully saturated rings. The van der Waals surface area contributed by atoms with Crippen LogP contribution in [0.4, 0.5) is 0 Å². The maximum absolute atomic E-state index is 11.4. The lowest BCUT2D eigenvalue weighted by Crippen LogP contribution is -2.35. The Hall–Kier alpha value is -0.960. The number of hydrogen-bond acceptors (Lipinski definition) is 5. The predicted molar refractivity (Wildman–Crippen MR) is 70.6 cm³/mol. The van der Waals surface area contributed by atoms with E-state index < -0.39 is 32.3 Å². The standard InChI is InChI=1S/C11H15NO5S2/c1-18(13,14)12-11-9-6-4-3-5-8(9)7-10(11)17-19(2,15)16/h3-6,10-12H,7H2,1-2H3/t10-,11-/m0/s1. The lowest BCUT2D eigenvalue weighted by Gasteiger charge is -2.20. The van der Waals surface area contributed by atoms with Crippen molar-refractivity contribution in [3.63, 3.8) is 0 Å². The minimum absolute atomic E-state index is 0.358. The maximum Gasteiger partial charge on any atom is 0.264 e. The molecule has 19 heavy (non-hydrogen) atoms. The molecule has 0 amide bonds. The highest BCUT2D eigenvalue weighted by atomic mass is 32.2. The number of nitrogens with one attached hydrogen (secondary N) is 1. The SMILES string of the molecule is CS(=O)(=O)N[C@H]1c2ccccc2C[C@@H]1OS(C)(=O)=O. The van der Waals surface area contributed by atoms with Gasteiger partial charge in [0.1, 0.15) is 6.10 Å². The van der Waals surface area contributed by atoms with E-state index in [1.165, 1.54) is 0 Å². The van der Waals surface area contributed by atoms with E-state index in [1.54, 1.807) is 12.1 Å². The fourth-order valence-electron chi connectivity index (χ4n) is 2.24. The van der Waals surface area contributed by atoms with Crippen molar-refractivity contribution in [2.75, 3.05) is 12.5 Å². The van der Waals surface area contributed by atoms with Crippen LogP contribution < -0.4 is 4.72 Å². The van der Waals surface area contributed by atoms with E-state index in [2.05, 4.69) is 4.72 Å². The van der Waals surface area contributed by atoms with E-state index in [-0.39, 0.29) is 0 Å². The van der Waals surface area contributed by atoms with Gasteiger partial charge in [-0.15, -0.1) is 0 Å². The molecule has 0 aromatic heterocycles. The van der Waals surface area contributed by atoms with E-state index in [9.17, 15) is 16.8 Å². The van der Waals surface area contributed by atoms with Crippen LogP contribution in [0.15, 0.2) is 24.3 Å². The summed E-state index contributed by atoms with van der Waals surface area (Å²) in [5, 5.41) is 0. The number of rotatable bonds is 4. The molecule has 1 aromatic carbocycles. The Morgan fingerprint density at radius 2 is 1.79 bits per heavy atom. The Morgan fingerprint density at radius 1 is 1.16 bits per heavy atom. The molecular formula is C11H15NO5S2. The first kappa shape index (κ1) is 14.4. The summed E-state index contributed by atoms with van der Waals surface area (Å²) in [5.41, 5.74) is 1.64. The summed E-state index contributed by atoms with van der Waals surface area (Å²) < 4.78 is 52.7. The molecular weight excluding hydrogens is 290 g/mol. The second-order valence-electron chi connectivity index (χ2n) is 4.61. The molecule has 0 heterocycles. The van der Waals surface area contributed by atoms with Gasteiger partial charge in [0.05, 0.1) is 18.6 Å². The fraction of sp³-hybridized carbons (Fsp3) is 0.455. The molecule has 0 bridgehead atoms. The van der Waals surface area contributed by atoms with Crippen LogP contribution in [0.3, 0.4) is 0 Å². The summed E-state index contributed by atoms with van der Waals surface area (Å²) in [6.45, 7) is 0. The second-order valence-corrected chi connectivity index (χ2v) is 7.99. The van der Waals surface area contributed by atoms with Crippen LogP contribution in [0.1, 0.15) is 17.2 Å². The molecule has 8 heteroatoms. The number of fused-ring (bicyclic) bond motifs is 1. The largest absolute Gasteiger partial charge is 0.265 e. The summed E-state index contributed by atoms with van der Waals surface area (Å²) >= 11 is 0. The minimum atomic E-state index is -3.65. The zero-order valence-electron chi connectivity index (χ0n) is 10.5. The molecule has 0 saturated carbocycles. The predicted octanol–water partition coefficient (Wildman–Crippen LogP) is 0.178. The van der Waals surface area contributed by atoms with Crippen molar-refractivity contribution in [3.8, 4) is 0 Å². The van der Waals surface area contributed by atoms with Crippen LogP contribution in [0.25, 0.3) is 0 Å². The first-order chi connectivity index (χ1) is 8.66. The molecule has 0 radical (unpaired) electrons. The van der Waals surface area contributed by atoms with Crippen LogP contribution >= 0.6 is 0 Å². The van der Waals surface area contributed by atoms with Gasteiger partial charge in [0.25, 0.3) is 10.1 Å². The zero-order valence-corrected chi connectivity index (χ0v) is 12.2. The van der Waals surface area contributed by atoms with Crippen LogP contribution in [-0.2, 0) is 30.7 Å². The van der Waals surface area contributed by atoms with Gasteiger partial charge < -0.3 is 0 Å². The van der Waals surface area contributed by atoms with Crippen molar-refractivity contribution in [1.29, 1.82) is 0 Å². The van der Waals surface area contributed by atoms with Gasteiger partial charge in [-0.3, -0.25) is 4.18 Å². The van der Waals surface area contributed by atoms with Crippen molar-refractivity contribution in [3.05, 3.63) is 35.4 Å². The normalized spacial score (nSPS) is 23.3. The Morgan fingerprint density at radius 3 is 2.37 bits per heavy atom. The smallest absolute Gasteiger partial charge is 0.264 e. The van der Waals surface area contributed by atoms with E-state index in [0.29, 0.717) is 6.42 Å². The molecule has 0 aliphatic heterocycles. The first-order valence-electron chi connectivity index (χ1n) is 5.59. The molecule has 6 nitrogen and oxygen atoms in total. The Balaban J connectivity index is 2.36.